The smallest absolute Gasteiger partial charge is 0.211 e. The number of nitrogens with zero attached hydrogens (tertiary/aromatic N) is 1. The average Bonchev–Trinajstić information content (AvgIpc) is 2.45. The second kappa shape index (κ2) is 6.64. The Kier molecular flexibility index (Phi) is 5.08. The Morgan fingerprint density at radius 3 is 2.57 bits per heavy atom. The number of hydrogen-bond donors (Lipinski definition) is 2. The maximum Gasteiger partial charge on any atom is 0.211 e. The van der Waals surface area contributed by atoms with Crippen LogP contribution in [-0.4, -0.2) is 50.3 Å². The molecular weight excluding hydrogens is 292 g/mol. The minimum atomic E-state index is -3.07. The van der Waals surface area contributed by atoms with Crippen molar-refractivity contribution in [2.75, 3.05) is 26.5 Å². The lowest BCUT2D eigenvalue weighted by Gasteiger charge is -2.30. The van der Waals surface area contributed by atoms with Crippen molar-refractivity contribution in [1.82, 2.24) is 9.62 Å². The number of ether oxygens (including phenoxy) is 1. The molecule has 0 spiro atoms. The normalized spacial score (nSPS) is 17.8. The Morgan fingerprint density at radius 1 is 1.38 bits per heavy atom. The molecule has 2 N–H and O–H groups in total. The molecule has 1 aliphatic heterocycles. The van der Waals surface area contributed by atoms with Crippen LogP contribution in [-0.2, 0) is 16.6 Å². The number of hydrogen-bond acceptors (Lipinski definition) is 5. The van der Waals surface area contributed by atoms with E-state index >= 15 is 0 Å². The Morgan fingerprint density at radius 2 is 2.05 bits per heavy atom. The number of aromatic hydroxyl groups is 1. The van der Waals surface area contributed by atoms with E-state index in [4.69, 9.17) is 4.74 Å². The summed E-state index contributed by atoms with van der Waals surface area (Å²) in [6, 6.07) is 5.61. The zero-order chi connectivity index (χ0) is 15.5. The van der Waals surface area contributed by atoms with Gasteiger partial charge in [0.1, 0.15) is 0 Å². The summed E-state index contributed by atoms with van der Waals surface area (Å²) in [5.41, 5.74) is 0.971. The van der Waals surface area contributed by atoms with Crippen molar-refractivity contribution in [1.29, 1.82) is 0 Å². The molecule has 0 aliphatic carbocycles. The predicted octanol–water partition coefficient (Wildman–Crippen LogP) is 0.914. The summed E-state index contributed by atoms with van der Waals surface area (Å²) in [6.07, 6.45) is 2.85. The number of methoxy groups -OCH3 is 1. The largest absolute Gasteiger partial charge is 0.504 e. The lowest BCUT2D eigenvalue weighted by atomic mass is 10.1. The average molecular weight is 314 g/mol. The van der Waals surface area contributed by atoms with Crippen LogP contribution in [0, 0.1) is 0 Å². The van der Waals surface area contributed by atoms with Crippen molar-refractivity contribution in [3.05, 3.63) is 23.8 Å². The molecule has 1 aromatic carbocycles. The van der Waals surface area contributed by atoms with E-state index in [0.717, 1.165) is 18.4 Å². The number of benzene rings is 1. The molecule has 1 saturated heterocycles. The molecule has 6 nitrogen and oxygen atoms in total. The summed E-state index contributed by atoms with van der Waals surface area (Å²) in [6.45, 7) is 1.76. The summed E-state index contributed by atoms with van der Waals surface area (Å²) in [4.78, 5) is 0. The summed E-state index contributed by atoms with van der Waals surface area (Å²) in [5, 5.41) is 13.1. The summed E-state index contributed by atoms with van der Waals surface area (Å²) < 4.78 is 29.4. The molecule has 0 atom stereocenters. The maximum atomic E-state index is 11.4. The van der Waals surface area contributed by atoms with Crippen molar-refractivity contribution < 1.29 is 18.3 Å². The fourth-order valence-corrected chi connectivity index (χ4v) is 3.37. The zero-order valence-electron chi connectivity index (χ0n) is 12.4. The number of rotatable bonds is 5. The van der Waals surface area contributed by atoms with Crippen molar-refractivity contribution in [3.8, 4) is 11.5 Å². The van der Waals surface area contributed by atoms with Gasteiger partial charge in [0, 0.05) is 25.7 Å². The molecule has 0 aromatic heterocycles. The van der Waals surface area contributed by atoms with Gasteiger partial charge in [-0.2, -0.15) is 0 Å². The van der Waals surface area contributed by atoms with E-state index in [9.17, 15) is 13.5 Å². The first-order chi connectivity index (χ1) is 9.90. The molecule has 118 valence electrons. The first kappa shape index (κ1) is 16.1. The van der Waals surface area contributed by atoms with Crippen LogP contribution in [0.3, 0.4) is 0 Å². The molecule has 1 aliphatic rings. The second-order valence-electron chi connectivity index (χ2n) is 5.32. The molecule has 1 fully saturated rings. The molecule has 0 amide bonds. The monoisotopic (exact) mass is 314 g/mol. The van der Waals surface area contributed by atoms with Gasteiger partial charge in [-0.05, 0) is 30.5 Å². The van der Waals surface area contributed by atoms with Crippen LogP contribution < -0.4 is 10.1 Å². The standard InChI is InChI=1S/C14H22N2O4S/c1-20-14-4-3-11(9-13(14)17)10-15-12-5-7-16(8-6-12)21(2,18)19/h3-4,9,12,15,17H,5-8,10H2,1-2H3. The molecular formula is C14H22N2O4S. The van der Waals surface area contributed by atoms with Gasteiger partial charge in [0.2, 0.25) is 10.0 Å². The van der Waals surface area contributed by atoms with Gasteiger partial charge >= 0.3 is 0 Å². The zero-order valence-corrected chi connectivity index (χ0v) is 13.2. The van der Waals surface area contributed by atoms with Crippen LogP contribution in [0.4, 0.5) is 0 Å². The third-order valence-electron chi connectivity index (χ3n) is 3.76. The molecule has 0 saturated carbocycles. The highest BCUT2D eigenvalue weighted by Crippen LogP contribution is 2.26. The third-order valence-corrected chi connectivity index (χ3v) is 5.06. The summed E-state index contributed by atoms with van der Waals surface area (Å²) in [7, 11) is -1.55. The first-order valence-corrected chi connectivity index (χ1v) is 8.79. The second-order valence-corrected chi connectivity index (χ2v) is 7.31. The van der Waals surface area contributed by atoms with Crippen LogP contribution in [0.2, 0.25) is 0 Å². The van der Waals surface area contributed by atoms with E-state index in [-0.39, 0.29) is 5.75 Å². The van der Waals surface area contributed by atoms with Gasteiger partial charge in [-0.1, -0.05) is 6.07 Å². The van der Waals surface area contributed by atoms with Gasteiger partial charge in [-0.3, -0.25) is 0 Å². The van der Waals surface area contributed by atoms with E-state index in [2.05, 4.69) is 5.32 Å². The highest BCUT2D eigenvalue weighted by Gasteiger charge is 2.24. The molecule has 21 heavy (non-hydrogen) atoms. The Balaban J connectivity index is 1.84. The Hall–Kier alpha value is -1.31. The van der Waals surface area contributed by atoms with Gasteiger partial charge in [0.25, 0.3) is 0 Å². The fraction of sp³-hybridized carbons (Fsp3) is 0.571. The van der Waals surface area contributed by atoms with Crippen LogP contribution >= 0.6 is 0 Å². The topological polar surface area (TPSA) is 78.9 Å². The highest BCUT2D eigenvalue weighted by molar-refractivity contribution is 7.88. The SMILES string of the molecule is COc1ccc(CNC2CCN(S(C)(=O)=O)CC2)cc1O. The van der Waals surface area contributed by atoms with Crippen molar-refractivity contribution >= 4 is 10.0 Å². The lowest BCUT2D eigenvalue weighted by Crippen LogP contribution is -2.44. The van der Waals surface area contributed by atoms with Gasteiger partial charge in [-0.25, -0.2) is 12.7 Å². The van der Waals surface area contributed by atoms with Gasteiger partial charge in [-0.15, -0.1) is 0 Å². The highest BCUT2D eigenvalue weighted by atomic mass is 32.2. The minimum absolute atomic E-state index is 0.128. The first-order valence-electron chi connectivity index (χ1n) is 6.94. The predicted molar refractivity (Wildman–Crippen MR) is 80.9 cm³/mol. The molecule has 1 heterocycles. The number of sulfonamides is 1. The molecule has 2 rings (SSSR count). The number of piperidine rings is 1. The van der Waals surface area contributed by atoms with Crippen LogP contribution in [0.5, 0.6) is 11.5 Å². The van der Waals surface area contributed by atoms with E-state index in [1.54, 1.807) is 12.1 Å². The van der Waals surface area contributed by atoms with Gasteiger partial charge < -0.3 is 15.2 Å². The Labute approximate surface area is 125 Å². The van der Waals surface area contributed by atoms with Crippen molar-refractivity contribution in [3.63, 3.8) is 0 Å². The van der Waals surface area contributed by atoms with E-state index < -0.39 is 10.0 Å². The van der Waals surface area contributed by atoms with E-state index in [1.165, 1.54) is 17.7 Å². The quantitative estimate of drug-likeness (QED) is 0.845. The van der Waals surface area contributed by atoms with E-state index in [0.29, 0.717) is 31.4 Å². The van der Waals surface area contributed by atoms with Gasteiger partial charge in [0.15, 0.2) is 11.5 Å². The fourth-order valence-electron chi connectivity index (χ4n) is 2.50. The lowest BCUT2D eigenvalue weighted by molar-refractivity contribution is 0.290. The van der Waals surface area contributed by atoms with Crippen LogP contribution in [0.25, 0.3) is 0 Å². The van der Waals surface area contributed by atoms with Crippen molar-refractivity contribution in [2.45, 2.75) is 25.4 Å². The molecule has 0 unspecified atom stereocenters. The molecule has 0 bridgehead atoms. The third kappa shape index (κ3) is 4.33. The van der Waals surface area contributed by atoms with Crippen LogP contribution in [0.1, 0.15) is 18.4 Å². The van der Waals surface area contributed by atoms with Crippen molar-refractivity contribution in [2.24, 2.45) is 0 Å². The summed E-state index contributed by atoms with van der Waals surface area (Å²) >= 11 is 0. The van der Waals surface area contributed by atoms with Crippen LogP contribution in [0.15, 0.2) is 18.2 Å². The number of phenolic OH excluding ortho intramolecular Hbond substituents is 1. The molecule has 0 radical (unpaired) electrons. The van der Waals surface area contributed by atoms with E-state index in [1.807, 2.05) is 6.07 Å². The summed E-state index contributed by atoms with van der Waals surface area (Å²) in [5.74, 6) is 0.587. The molecule has 1 aromatic rings. The van der Waals surface area contributed by atoms with Gasteiger partial charge in [0.05, 0.1) is 13.4 Å². The maximum absolute atomic E-state index is 11.4. The number of nitrogens with one attached hydrogen (secondary N) is 1. The Bertz CT molecular complexity index is 581. The number of phenols is 1. The minimum Gasteiger partial charge on any atom is -0.504 e. The molecule has 7 heteroatoms.